The topological polar surface area (TPSA) is 94.0 Å². The summed E-state index contributed by atoms with van der Waals surface area (Å²) in [5.74, 6) is 0.212. The van der Waals surface area contributed by atoms with Gasteiger partial charge >= 0.3 is 0 Å². The third-order valence-electron chi connectivity index (χ3n) is 4.95. The number of carbonyl (C=O) groups excluding carboxylic acids is 1. The maximum atomic E-state index is 12.6. The van der Waals surface area contributed by atoms with Gasteiger partial charge in [-0.25, -0.2) is 13.4 Å². The molecule has 0 radical (unpaired) electrons. The number of sulfone groups is 1. The Morgan fingerprint density at radius 3 is 2.19 bits per heavy atom. The van der Waals surface area contributed by atoms with E-state index in [2.05, 4.69) is 15.4 Å². The maximum absolute atomic E-state index is 12.6. The Morgan fingerprint density at radius 1 is 0.938 bits per heavy atom. The molecule has 1 N–H and O–H groups in total. The van der Waals surface area contributed by atoms with Crippen molar-refractivity contribution in [2.75, 3.05) is 5.32 Å². The van der Waals surface area contributed by atoms with Gasteiger partial charge in [-0.3, -0.25) is 9.48 Å². The number of anilines is 1. The smallest absolute Gasteiger partial charge is 0.255 e. The van der Waals surface area contributed by atoms with Crippen molar-refractivity contribution in [1.82, 2.24) is 14.8 Å². The van der Waals surface area contributed by atoms with Gasteiger partial charge in [-0.15, -0.1) is 0 Å². The first-order chi connectivity index (χ1) is 15.3. The Balaban J connectivity index is 1.41. The van der Waals surface area contributed by atoms with E-state index in [0.29, 0.717) is 22.6 Å². The second-order valence-electron chi connectivity index (χ2n) is 7.54. The maximum Gasteiger partial charge on any atom is 0.255 e. The van der Waals surface area contributed by atoms with E-state index >= 15 is 0 Å². The van der Waals surface area contributed by atoms with Gasteiger partial charge in [0, 0.05) is 23.9 Å². The fraction of sp³-hybridized carbons (Fsp3) is 0.125. The Kier molecular flexibility index (Phi) is 5.87. The molecule has 162 valence electrons. The Hall–Kier alpha value is -3.78. The van der Waals surface area contributed by atoms with Crippen LogP contribution in [0.1, 0.15) is 21.5 Å². The first kappa shape index (κ1) is 21.5. The molecule has 3 aromatic carbocycles. The van der Waals surface area contributed by atoms with Crippen LogP contribution in [-0.4, -0.2) is 29.1 Å². The van der Waals surface area contributed by atoms with Crippen molar-refractivity contribution in [2.24, 2.45) is 7.05 Å². The van der Waals surface area contributed by atoms with Crippen molar-refractivity contribution in [1.29, 1.82) is 0 Å². The number of hydrogen-bond acceptors (Lipinski definition) is 5. The molecule has 1 amide bonds. The van der Waals surface area contributed by atoms with Crippen LogP contribution in [0.15, 0.2) is 84.0 Å². The quantitative estimate of drug-likeness (QED) is 0.483. The number of carbonyl (C=O) groups is 1. The summed E-state index contributed by atoms with van der Waals surface area (Å²) >= 11 is 0. The normalized spacial score (nSPS) is 11.3. The molecule has 8 heteroatoms. The largest absolute Gasteiger partial charge is 0.322 e. The lowest BCUT2D eigenvalue weighted by atomic mass is 10.1. The van der Waals surface area contributed by atoms with E-state index in [1.54, 1.807) is 78.7 Å². The predicted molar refractivity (Wildman–Crippen MR) is 123 cm³/mol. The van der Waals surface area contributed by atoms with E-state index in [1.807, 2.05) is 19.1 Å². The minimum Gasteiger partial charge on any atom is -0.322 e. The molecular formula is C24H22N4O3S. The van der Waals surface area contributed by atoms with Crippen LogP contribution in [0.25, 0.3) is 11.4 Å². The summed E-state index contributed by atoms with van der Waals surface area (Å²) in [6, 6.07) is 20.6. The van der Waals surface area contributed by atoms with Crippen molar-refractivity contribution < 1.29 is 13.2 Å². The van der Waals surface area contributed by atoms with Gasteiger partial charge in [0.25, 0.3) is 5.91 Å². The standard InChI is InChI=1S/C24H22N4O3S/c1-17-3-13-22(14-4-17)32(30,31)15-18-5-7-20(8-6-18)24(29)26-21-11-9-19(10-12-21)23-25-16-28(2)27-23/h3-14,16H,15H2,1-2H3,(H,26,29). The highest BCUT2D eigenvalue weighted by molar-refractivity contribution is 7.90. The van der Waals surface area contributed by atoms with E-state index in [1.165, 1.54) is 0 Å². The van der Waals surface area contributed by atoms with E-state index in [4.69, 9.17) is 0 Å². The number of hydrogen-bond donors (Lipinski definition) is 1. The fourth-order valence-electron chi connectivity index (χ4n) is 3.18. The van der Waals surface area contributed by atoms with Crippen LogP contribution < -0.4 is 5.32 Å². The monoisotopic (exact) mass is 446 g/mol. The van der Waals surface area contributed by atoms with Crippen molar-refractivity contribution in [2.45, 2.75) is 17.6 Å². The average molecular weight is 447 g/mol. The number of aromatic nitrogens is 3. The van der Waals surface area contributed by atoms with Crippen LogP contribution in [0.4, 0.5) is 5.69 Å². The summed E-state index contributed by atoms with van der Waals surface area (Å²) < 4.78 is 26.9. The van der Waals surface area contributed by atoms with Crippen molar-refractivity contribution in [3.05, 3.63) is 95.8 Å². The zero-order chi connectivity index (χ0) is 22.7. The molecule has 0 saturated heterocycles. The summed E-state index contributed by atoms with van der Waals surface area (Å²) in [6.07, 6.45) is 1.63. The fourth-order valence-corrected chi connectivity index (χ4v) is 4.53. The molecule has 0 unspecified atom stereocenters. The van der Waals surface area contributed by atoms with Crippen LogP contribution in [0.5, 0.6) is 0 Å². The summed E-state index contributed by atoms with van der Waals surface area (Å²) in [6.45, 7) is 1.91. The third-order valence-corrected chi connectivity index (χ3v) is 6.66. The molecule has 0 aliphatic heterocycles. The van der Waals surface area contributed by atoms with E-state index in [9.17, 15) is 13.2 Å². The van der Waals surface area contributed by atoms with Crippen molar-refractivity contribution in [3.8, 4) is 11.4 Å². The van der Waals surface area contributed by atoms with Crippen LogP contribution in [0.3, 0.4) is 0 Å². The minimum atomic E-state index is -3.45. The van der Waals surface area contributed by atoms with Crippen molar-refractivity contribution >= 4 is 21.4 Å². The Labute approximate surface area is 186 Å². The van der Waals surface area contributed by atoms with Gasteiger partial charge in [-0.2, -0.15) is 5.10 Å². The molecule has 7 nitrogen and oxygen atoms in total. The molecule has 0 aliphatic carbocycles. The number of benzene rings is 3. The lowest BCUT2D eigenvalue weighted by molar-refractivity contribution is 0.102. The Bertz CT molecular complexity index is 1340. The molecule has 0 spiro atoms. The highest BCUT2D eigenvalue weighted by Crippen LogP contribution is 2.20. The molecular weight excluding hydrogens is 424 g/mol. The molecule has 0 aliphatic rings. The van der Waals surface area contributed by atoms with Crippen LogP contribution in [0, 0.1) is 6.92 Å². The summed E-state index contributed by atoms with van der Waals surface area (Å²) in [7, 11) is -1.65. The second kappa shape index (κ2) is 8.76. The van der Waals surface area contributed by atoms with E-state index in [-0.39, 0.29) is 16.6 Å². The molecule has 0 saturated carbocycles. The van der Waals surface area contributed by atoms with Gasteiger partial charge in [-0.05, 0) is 61.0 Å². The number of amides is 1. The molecule has 1 heterocycles. The molecule has 4 rings (SSSR count). The lowest BCUT2D eigenvalue weighted by Gasteiger charge is -2.08. The highest BCUT2D eigenvalue weighted by atomic mass is 32.2. The molecule has 0 atom stereocenters. The van der Waals surface area contributed by atoms with Crippen molar-refractivity contribution in [3.63, 3.8) is 0 Å². The van der Waals surface area contributed by atoms with Gasteiger partial charge in [0.05, 0.1) is 10.6 Å². The zero-order valence-electron chi connectivity index (χ0n) is 17.7. The van der Waals surface area contributed by atoms with Crippen LogP contribution >= 0.6 is 0 Å². The first-order valence-electron chi connectivity index (χ1n) is 9.96. The third kappa shape index (κ3) is 4.92. The van der Waals surface area contributed by atoms with Gasteiger partial charge < -0.3 is 5.32 Å². The first-order valence-corrected chi connectivity index (χ1v) is 11.6. The van der Waals surface area contributed by atoms with Crippen LogP contribution in [0.2, 0.25) is 0 Å². The van der Waals surface area contributed by atoms with Gasteiger partial charge in [0.15, 0.2) is 15.7 Å². The van der Waals surface area contributed by atoms with Crippen LogP contribution in [-0.2, 0) is 22.6 Å². The van der Waals surface area contributed by atoms with Gasteiger partial charge in [0.2, 0.25) is 0 Å². The highest BCUT2D eigenvalue weighted by Gasteiger charge is 2.16. The number of nitrogens with zero attached hydrogens (tertiary/aromatic N) is 3. The Morgan fingerprint density at radius 2 is 1.59 bits per heavy atom. The number of aryl methyl sites for hydroxylation is 2. The van der Waals surface area contributed by atoms with Gasteiger partial charge in [-0.1, -0.05) is 29.8 Å². The lowest BCUT2D eigenvalue weighted by Crippen LogP contribution is -2.12. The molecule has 0 fully saturated rings. The SMILES string of the molecule is Cc1ccc(S(=O)(=O)Cc2ccc(C(=O)Nc3ccc(-c4ncn(C)n4)cc3)cc2)cc1. The number of rotatable bonds is 6. The average Bonchev–Trinajstić information content (AvgIpc) is 3.21. The molecule has 1 aromatic heterocycles. The molecule has 0 bridgehead atoms. The summed E-state index contributed by atoms with van der Waals surface area (Å²) in [4.78, 5) is 17.1. The molecule has 4 aromatic rings. The zero-order valence-corrected chi connectivity index (χ0v) is 18.5. The summed E-state index contributed by atoms with van der Waals surface area (Å²) in [5, 5.41) is 7.09. The predicted octanol–water partition coefficient (Wildman–Crippen LogP) is 4.02. The molecule has 32 heavy (non-hydrogen) atoms. The van der Waals surface area contributed by atoms with Gasteiger partial charge in [0.1, 0.15) is 6.33 Å². The van der Waals surface area contributed by atoms with E-state index in [0.717, 1.165) is 11.1 Å². The minimum absolute atomic E-state index is 0.124. The second-order valence-corrected chi connectivity index (χ2v) is 9.53. The summed E-state index contributed by atoms with van der Waals surface area (Å²) in [5.41, 5.74) is 3.55. The van der Waals surface area contributed by atoms with E-state index < -0.39 is 9.84 Å². The number of nitrogens with one attached hydrogen (secondary N) is 1.